The van der Waals surface area contributed by atoms with Crippen molar-refractivity contribution in [3.05, 3.63) is 80.6 Å². The highest BCUT2D eigenvalue weighted by molar-refractivity contribution is 5.62. The highest BCUT2D eigenvalue weighted by Gasteiger charge is 2.08. The third kappa shape index (κ3) is 3.23. The minimum absolute atomic E-state index is 0.178. The van der Waals surface area contributed by atoms with Gasteiger partial charge in [-0.15, -0.1) is 0 Å². The summed E-state index contributed by atoms with van der Waals surface area (Å²) in [7, 11) is 0. The van der Waals surface area contributed by atoms with Gasteiger partial charge < -0.3 is 0 Å². The Labute approximate surface area is 130 Å². The molecule has 3 aromatic rings. The van der Waals surface area contributed by atoms with E-state index in [2.05, 4.69) is 15.2 Å². The summed E-state index contributed by atoms with van der Waals surface area (Å²) in [6.07, 6.45) is 1.43. The van der Waals surface area contributed by atoms with Gasteiger partial charge in [0.05, 0.1) is 24.1 Å². The third-order valence-electron chi connectivity index (χ3n) is 3.36. The van der Waals surface area contributed by atoms with Crippen LogP contribution in [0.25, 0.3) is 11.1 Å². The van der Waals surface area contributed by atoms with Crippen LogP contribution in [0.2, 0.25) is 0 Å². The van der Waals surface area contributed by atoms with Crippen LogP contribution in [-0.4, -0.2) is 19.7 Å². The Bertz CT molecular complexity index is 961. The molecule has 2 aromatic heterocycles. The standard InChI is InChI=1S/C16H13FN4O2/c1-10-6-15(22)21(9-18-10)8-13-7-14(16(23)20-19-13)11-2-4-12(17)5-3-11/h2-7,9H,8H2,1H3,(H,20,23). The van der Waals surface area contributed by atoms with E-state index in [1.807, 2.05) is 0 Å². The molecule has 0 spiro atoms. The summed E-state index contributed by atoms with van der Waals surface area (Å²) in [4.78, 5) is 27.9. The number of rotatable bonds is 3. The van der Waals surface area contributed by atoms with E-state index >= 15 is 0 Å². The van der Waals surface area contributed by atoms with E-state index < -0.39 is 0 Å². The fraction of sp³-hybridized carbons (Fsp3) is 0.125. The lowest BCUT2D eigenvalue weighted by atomic mass is 10.1. The molecule has 0 saturated carbocycles. The van der Waals surface area contributed by atoms with Crippen molar-refractivity contribution in [3.8, 4) is 11.1 Å². The SMILES string of the molecule is Cc1cc(=O)n(Cc2cc(-c3ccc(F)cc3)c(=O)[nH]n2)cn1. The molecule has 1 aromatic carbocycles. The maximum Gasteiger partial charge on any atom is 0.272 e. The molecule has 0 bridgehead atoms. The molecule has 2 heterocycles. The maximum absolute atomic E-state index is 13.0. The number of hydrogen-bond donors (Lipinski definition) is 1. The Hall–Kier alpha value is -3.09. The van der Waals surface area contributed by atoms with E-state index in [4.69, 9.17) is 0 Å². The molecule has 0 atom stereocenters. The van der Waals surface area contributed by atoms with Crippen molar-refractivity contribution in [3.63, 3.8) is 0 Å². The van der Waals surface area contributed by atoms with Crippen LogP contribution in [0.1, 0.15) is 11.4 Å². The number of benzene rings is 1. The lowest BCUT2D eigenvalue weighted by Gasteiger charge is -2.06. The highest BCUT2D eigenvalue weighted by Crippen LogP contribution is 2.16. The van der Waals surface area contributed by atoms with Crippen molar-refractivity contribution in [2.24, 2.45) is 0 Å². The molecule has 1 N–H and O–H groups in total. The number of nitrogens with one attached hydrogen (secondary N) is 1. The smallest absolute Gasteiger partial charge is 0.272 e. The molecule has 0 amide bonds. The number of aromatic nitrogens is 4. The fourth-order valence-electron chi connectivity index (χ4n) is 2.18. The van der Waals surface area contributed by atoms with Gasteiger partial charge in [0.1, 0.15) is 5.82 Å². The molecule has 116 valence electrons. The fourth-order valence-corrected chi connectivity index (χ4v) is 2.18. The second kappa shape index (κ2) is 5.96. The Morgan fingerprint density at radius 1 is 1.17 bits per heavy atom. The first kappa shape index (κ1) is 14.8. The van der Waals surface area contributed by atoms with E-state index in [9.17, 15) is 14.0 Å². The van der Waals surface area contributed by atoms with Crippen molar-refractivity contribution in [1.29, 1.82) is 0 Å². The zero-order valence-corrected chi connectivity index (χ0v) is 12.3. The van der Waals surface area contributed by atoms with Gasteiger partial charge in [-0.2, -0.15) is 5.10 Å². The number of aryl methyl sites for hydroxylation is 1. The van der Waals surface area contributed by atoms with Crippen LogP contribution in [0.15, 0.2) is 52.3 Å². The summed E-state index contributed by atoms with van der Waals surface area (Å²) in [6, 6.07) is 8.60. The minimum atomic E-state index is -0.380. The van der Waals surface area contributed by atoms with Gasteiger partial charge in [0.25, 0.3) is 11.1 Å². The summed E-state index contributed by atoms with van der Waals surface area (Å²) in [6.45, 7) is 1.91. The molecule has 7 heteroatoms. The van der Waals surface area contributed by atoms with E-state index in [1.54, 1.807) is 13.0 Å². The largest absolute Gasteiger partial charge is 0.293 e. The first-order valence-electron chi connectivity index (χ1n) is 6.90. The zero-order chi connectivity index (χ0) is 16.4. The second-order valence-electron chi connectivity index (χ2n) is 5.11. The number of halogens is 1. The number of aromatic amines is 1. The molecule has 0 saturated heterocycles. The Morgan fingerprint density at radius 2 is 1.91 bits per heavy atom. The molecule has 0 aliphatic heterocycles. The molecule has 0 unspecified atom stereocenters. The van der Waals surface area contributed by atoms with Gasteiger partial charge in [-0.1, -0.05) is 12.1 Å². The molecular weight excluding hydrogens is 299 g/mol. The number of nitrogens with zero attached hydrogens (tertiary/aromatic N) is 3. The Balaban J connectivity index is 1.99. The quantitative estimate of drug-likeness (QED) is 0.794. The predicted molar refractivity (Wildman–Crippen MR) is 82.6 cm³/mol. The van der Waals surface area contributed by atoms with Crippen molar-refractivity contribution < 1.29 is 4.39 Å². The minimum Gasteiger partial charge on any atom is -0.293 e. The Kier molecular flexibility index (Phi) is 3.84. The van der Waals surface area contributed by atoms with Gasteiger partial charge in [-0.25, -0.2) is 14.5 Å². The summed E-state index contributed by atoms with van der Waals surface area (Å²) < 4.78 is 14.4. The van der Waals surface area contributed by atoms with Crippen LogP contribution >= 0.6 is 0 Å². The zero-order valence-electron chi connectivity index (χ0n) is 12.3. The second-order valence-corrected chi connectivity index (χ2v) is 5.11. The van der Waals surface area contributed by atoms with Crippen molar-refractivity contribution in [1.82, 2.24) is 19.7 Å². The van der Waals surface area contributed by atoms with E-state index in [1.165, 1.54) is 41.2 Å². The maximum atomic E-state index is 13.0. The van der Waals surface area contributed by atoms with Crippen LogP contribution in [-0.2, 0) is 6.54 Å². The monoisotopic (exact) mass is 312 g/mol. The lowest BCUT2D eigenvalue weighted by molar-refractivity contribution is 0.628. The average molecular weight is 312 g/mol. The van der Waals surface area contributed by atoms with Crippen LogP contribution in [0.4, 0.5) is 4.39 Å². The molecular formula is C16H13FN4O2. The Morgan fingerprint density at radius 3 is 2.61 bits per heavy atom. The number of hydrogen-bond acceptors (Lipinski definition) is 4. The van der Waals surface area contributed by atoms with E-state index in [-0.39, 0.29) is 23.5 Å². The number of H-pyrrole nitrogens is 1. The molecule has 0 aliphatic carbocycles. The summed E-state index contributed by atoms with van der Waals surface area (Å²) in [5, 5.41) is 6.34. The first-order chi connectivity index (χ1) is 11.0. The van der Waals surface area contributed by atoms with Gasteiger partial charge in [0.15, 0.2) is 0 Å². The summed E-state index contributed by atoms with van der Waals surface area (Å²) in [5.74, 6) is -0.378. The van der Waals surface area contributed by atoms with Crippen molar-refractivity contribution in [2.75, 3.05) is 0 Å². The molecule has 6 nitrogen and oxygen atoms in total. The lowest BCUT2D eigenvalue weighted by Crippen LogP contribution is -2.22. The van der Waals surface area contributed by atoms with Crippen LogP contribution in [0.5, 0.6) is 0 Å². The topological polar surface area (TPSA) is 80.6 Å². The van der Waals surface area contributed by atoms with Gasteiger partial charge in [-0.05, 0) is 30.7 Å². The average Bonchev–Trinajstić information content (AvgIpc) is 2.53. The highest BCUT2D eigenvalue weighted by atomic mass is 19.1. The molecule has 3 rings (SSSR count). The van der Waals surface area contributed by atoms with Gasteiger partial charge in [-0.3, -0.25) is 14.2 Å². The van der Waals surface area contributed by atoms with Gasteiger partial charge in [0, 0.05) is 11.8 Å². The first-order valence-corrected chi connectivity index (χ1v) is 6.90. The van der Waals surface area contributed by atoms with Crippen molar-refractivity contribution in [2.45, 2.75) is 13.5 Å². The van der Waals surface area contributed by atoms with Crippen LogP contribution in [0.3, 0.4) is 0 Å². The van der Waals surface area contributed by atoms with E-state index in [0.717, 1.165) is 0 Å². The van der Waals surface area contributed by atoms with Gasteiger partial charge in [0.2, 0.25) is 0 Å². The third-order valence-corrected chi connectivity index (χ3v) is 3.36. The summed E-state index contributed by atoms with van der Waals surface area (Å²) >= 11 is 0. The van der Waals surface area contributed by atoms with Crippen LogP contribution in [0, 0.1) is 12.7 Å². The summed E-state index contributed by atoms with van der Waals surface area (Å²) in [5.41, 5.74) is 1.49. The normalized spacial score (nSPS) is 10.7. The molecule has 0 radical (unpaired) electrons. The van der Waals surface area contributed by atoms with Crippen LogP contribution < -0.4 is 11.1 Å². The molecule has 0 fully saturated rings. The van der Waals surface area contributed by atoms with Gasteiger partial charge >= 0.3 is 0 Å². The molecule has 0 aliphatic rings. The van der Waals surface area contributed by atoms with Crippen molar-refractivity contribution >= 4 is 0 Å². The van der Waals surface area contributed by atoms with E-state index in [0.29, 0.717) is 22.5 Å². The predicted octanol–water partition coefficient (Wildman–Crippen LogP) is 1.49. The molecule has 23 heavy (non-hydrogen) atoms.